The molecule has 0 aliphatic rings. The van der Waals surface area contributed by atoms with Crippen molar-refractivity contribution in [3.8, 4) is 6.07 Å². The second-order valence-electron chi connectivity index (χ2n) is 4.26. The van der Waals surface area contributed by atoms with Gasteiger partial charge in [-0.05, 0) is 23.7 Å². The Labute approximate surface area is 115 Å². The van der Waals surface area contributed by atoms with Crippen LogP contribution in [0.5, 0.6) is 0 Å². The standard InChI is InChI=1S/C13H5ClF3N3/c14-12-10-8-2-1-7(13(15,16)17)3-9(8)20-11(10)6(4-18)5-19-12/h1-3,5,20H/p+1. The number of fused-ring (bicyclic) bond motifs is 3. The molecule has 0 amide bonds. The summed E-state index contributed by atoms with van der Waals surface area (Å²) in [7, 11) is 0. The third kappa shape index (κ3) is 1.79. The molecule has 3 aromatic rings. The van der Waals surface area contributed by atoms with E-state index in [4.69, 9.17) is 16.9 Å². The highest BCUT2D eigenvalue weighted by Crippen LogP contribution is 2.35. The van der Waals surface area contributed by atoms with Gasteiger partial charge in [0.25, 0.3) is 5.15 Å². The third-order valence-electron chi connectivity index (χ3n) is 3.08. The summed E-state index contributed by atoms with van der Waals surface area (Å²) in [6.07, 6.45) is -3.01. The van der Waals surface area contributed by atoms with E-state index in [1.165, 1.54) is 12.3 Å². The minimum absolute atomic E-state index is 0.269. The van der Waals surface area contributed by atoms with E-state index in [0.717, 1.165) is 12.1 Å². The Bertz CT molecular complexity index is 874. The van der Waals surface area contributed by atoms with Gasteiger partial charge >= 0.3 is 6.18 Å². The first-order chi connectivity index (χ1) is 9.41. The quantitative estimate of drug-likeness (QED) is 0.632. The smallest absolute Gasteiger partial charge is 0.353 e. The van der Waals surface area contributed by atoms with Gasteiger partial charge in [0.1, 0.15) is 11.6 Å². The van der Waals surface area contributed by atoms with Crippen molar-refractivity contribution in [1.82, 2.24) is 4.98 Å². The van der Waals surface area contributed by atoms with E-state index in [1.807, 2.05) is 6.07 Å². The molecule has 0 spiro atoms. The zero-order valence-electron chi connectivity index (χ0n) is 9.77. The van der Waals surface area contributed by atoms with E-state index in [9.17, 15) is 13.2 Å². The van der Waals surface area contributed by atoms with Crippen molar-refractivity contribution in [2.45, 2.75) is 6.18 Å². The van der Waals surface area contributed by atoms with E-state index < -0.39 is 11.7 Å². The monoisotopic (exact) mass is 296 g/mol. The lowest BCUT2D eigenvalue weighted by Crippen LogP contribution is -2.04. The number of nitrogens with one attached hydrogen (secondary N) is 2. The SMILES string of the molecule is N#Cc1c[nH+]c(Cl)c2c1[nH]c1cc(C(F)(F)F)ccc12. The number of hydrogen-bond acceptors (Lipinski definition) is 1. The Morgan fingerprint density at radius 1 is 1.30 bits per heavy atom. The van der Waals surface area contributed by atoms with Gasteiger partial charge in [0.15, 0.2) is 6.20 Å². The van der Waals surface area contributed by atoms with Gasteiger partial charge in [-0.25, -0.2) is 0 Å². The van der Waals surface area contributed by atoms with Crippen molar-refractivity contribution in [3.05, 3.63) is 40.7 Å². The van der Waals surface area contributed by atoms with Crippen molar-refractivity contribution in [3.63, 3.8) is 0 Å². The zero-order valence-corrected chi connectivity index (χ0v) is 10.5. The molecule has 0 saturated carbocycles. The van der Waals surface area contributed by atoms with Crippen LogP contribution in [-0.4, -0.2) is 4.98 Å². The van der Waals surface area contributed by atoms with Crippen LogP contribution in [0, 0.1) is 11.3 Å². The molecule has 0 aliphatic carbocycles. The average molecular weight is 297 g/mol. The van der Waals surface area contributed by atoms with Crippen molar-refractivity contribution in [2.75, 3.05) is 0 Å². The maximum Gasteiger partial charge on any atom is 0.416 e. The number of H-pyrrole nitrogens is 2. The molecule has 3 nitrogen and oxygen atoms in total. The molecule has 2 aromatic heterocycles. The third-order valence-corrected chi connectivity index (χ3v) is 3.38. The van der Waals surface area contributed by atoms with E-state index in [0.29, 0.717) is 16.3 Å². The molecule has 0 radical (unpaired) electrons. The largest absolute Gasteiger partial charge is 0.416 e. The highest BCUT2D eigenvalue weighted by molar-refractivity contribution is 6.35. The van der Waals surface area contributed by atoms with Crippen molar-refractivity contribution in [2.24, 2.45) is 0 Å². The zero-order chi connectivity index (χ0) is 14.5. The van der Waals surface area contributed by atoms with Crippen LogP contribution in [0.1, 0.15) is 11.1 Å². The summed E-state index contributed by atoms with van der Waals surface area (Å²) in [6, 6.07) is 5.30. The first-order valence-corrected chi connectivity index (χ1v) is 5.92. The molecular formula is C13H6ClF3N3+. The number of benzene rings is 1. The predicted octanol–water partition coefficient (Wildman–Crippen LogP) is 3.68. The van der Waals surface area contributed by atoms with Gasteiger partial charge in [0.2, 0.25) is 0 Å². The summed E-state index contributed by atoms with van der Waals surface area (Å²) < 4.78 is 38.1. The first kappa shape index (κ1) is 12.8. The molecule has 3 rings (SSSR count). The fraction of sp³-hybridized carbons (Fsp3) is 0.0769. The Balaban J connectivity index is 2.43. The van der Waals surface area contributed by atoms with Crippen molar-refractivity contribution < 1.29 is 18.2 Å². The molecule has 2 heterocycles. The number of alkyl halides is 3. The van der Waals surface area contributed by atoms with Crippen LogP contribution in [-0.2, 0) is 6.18 Å². The van der Waals surface area contributed by atoms with Gasteiger partial charge in [-0.2, -0.15) is 23.4 Å². The van der Waals surface area contributed by atoms with Crippen LogP contribution in [0.2, 0.25) is 5.15 Å². The molecule has 0 saturated heterocycles. The number of pyridine rings is 1. The normalized spacial score (nSPS) is 11.9. The highest BCUT2D eigenvalue weighted by atomic mass is 35.5. The molecule has 20 heavy (non-hydrogen) atoms. The summed E-state index contributed by atoms with van der Waals surface area (Å²) in [5.74, 6) is 0. The molecule has 7 heteroatoms. The molecule has 0 aliphatic heterocycles. The fourth-order valence-corrected chi connectivity index (χ4v) is 2.42. The number of hydrogen-bond donors (Lipinski definition) is 1. The molecule has 0 unspecified atom stereocenters. The van der Waals surface area contributed by atoms with Gasteiger partial charge in [-0.15, -0.1) is 0 Å². The van der Waals surface area contributed by atoms with Crippen LogP contribution >= 0.6 is 11.6 Å². The molecule has 0 atom stereocenters. The number of rotatable bonds is 0. The molecule has 0 fully saturated rings. The van der Waals surface area contributed by atoms with Gasteiger partial charge < -0.3 is 4.98 Å². The molecule has 2 N–H and O–H groups in total. The molecule has 1 aromatic carbocycles. The lowest BCUT2D eigenvalue weighted by Gasteiger charge is -2.05. The van der Waals surface area contributed by atoms with E-state index in [2.05, 4.69) is 9.97 Å². The minimum atomic E-state index is -4.42. The minimum Gasteiger partial charge on any atom is -0.353 e. The van der Waals surface area contributed by atoms with Gasteiger partial charge in [-0.1, -0.05) is 6.07 Å². The number of nitrogens with zero attached hydrogens (tertiary/aromatic N) is 1. The van der Waals surface area contributed by atoms with E-state index in [1.54, 1.807) is 0 Å². The van der Waals surface area contributed by atoms with Crippen LogP contribution in [0.4, 0.5) is 13.2 Å². The maximum absolute atomic E-state index is 12.7. The molecule has 100 valence electrons. The van der Waals surface area contributed by atoms with Crippen molar-refractivity contribution >= 4 is 33.4 Å². The summed E-state index contributed by atoms with van der Waals surface area (Å²) >= 11 is 6.03. The second kappa shape index (κ2) is 4.12. The Hall–Kier alpha value is -2.26. The van der Waals surface area contributed by atoms with Gasteiger partial charge in [0.05, 0.1) is 16.5 Å². The highest BCUT2D eigenvalue weighted by Gasteiger charge is 2.31. The fourth-order valence-electron chi connectivity index (χ4n) is 2.17. The van der Waals surface area contributed by atoms with Gasteiger partial charge in [-0.3, -0.25) is 0 Å². The van der Waals surface area contributed by atoms with Crippen molar-refractivity contribution in [1.29, 1.82) is 5.26 Å². The summed E-state index contributed by atoms with van der Waals surface area (Å²) in [4.78, 5) is 5.54. The summed E-state index contributed by atoms with van der Waals surface area (Å²) in [5.41, 5.74) is 0.239. The molecular weight excluding hydrogens is 291 g/mol. The number of halogens is 4. The van der Waals surface area contributed by atoms with Crippen LogP contribution < -0.4 is 4.98 Å². The van der Waals surface area contributed by atoms with Crippen LogP contribution in [0.3, 0.4) is 0 Å². The Morgan fingerprint density at radius 2 is 2.05 bits per heavy atom. The summed E-state index contributed by atoms with van der Waals surface area (Å²) in [5, 5.41) is 10.3. The predicted molar refractivity (Wildman–Crippen MR) is 67.1 cm³/mol. The van der Waals surface area contributed by atoms with E-state index in [-0.39, 0.29) is 16.2 Å². The number of aromatic amines is 2. The number of nitriles is 1. The van der Waals surface area contributed by atoms with E-state index >= 15 is 0 Å². The lowest BCUT2D eigenvalue weighted by molar-refractivity contribution is -0.373. The summed E-state index contributed by atoms with van der Waals surface area (Å²) in [6.45, 7) is 0. The first-order valence-electron chi connectivity index (χ1n) is 5.54. The Kier molecular flexibility index (Phi) is 2.63. The van der Waals surface area contributed by atoms with Crippen LogP contribution in [0.25, 0.3) is 21.8 Å². The average Bonchev–Trinajstić information content (AvgIpc) is 2.77. The molecule has 0 bridgehead atoms. The Morgan fingerprint density at radius 3 is 2.70 bits per heavy atom. The second-order valence-corrected chi connectivity index (χ2v) is 4.64. The van der Waals surface area contributed by atoms with Crippen LogP contribution in [0.15, 0.2) is 24.4 Å². The topological polar surface area (TPSA) is 53.7 Å². The maximum atomic E-state index is 12.7. The number of aromatic nitrogens is 2. The van der Waals surface area contributed by atoms with Gasteiger partial charge in [0, 0.05) is 10.9 Å². The lowest BCUT2D eigenvalue weighted by atomic mass is 10.1.